The van der Waals surface area contributed by atoms with Gasteiger partial charge in [0, 0.05) is 43.9 Å². The third-order valence-corrected chi connectivity index (χ3v) is 4.63. The van der Waals surface area contributed by atoms with Gasteiger partial charge in [-0.05, 0) is 48.2 Å². The summed E-state index contributed by atoms with van der Waals surface area (Å²) in [6.07, 6.45) is 8.70. The van der Waals surface area contributed by atoms with Gasteiger partial charge in [-0.25, -0.2) is 0 Å². The fourth-order valence-electron chi connectivity index (χ4n) is 2.99. The van der Waals surface area contributed by atoms with E-state index in [-0.39, 0.29) is 0 Å². The van der Waals surface area contributed by atoms with Crippen molar-refractivity contribution >= 4 is 0 Å². The summed E-state index contributed by atoms with van der Waals surface area (Å²) in [6, 6.07) is 15.5. The Morgan fingerprint density at radius 2 is 1.72 bits per heavy atom. The van der Waals surface area contributed by atoms with Crippen molar-refractivity contribution in [3.8, 4) is 0 Å². The summed E-state index contributed by atoms with van der Waals surface area (Å²) in [5.41, 5.74) is 3.94. The normalized spacial score (nSPS) is 12.4. The Morgan fingerprint density at radius 3 is 2.44 bits per heavy atom. The summed E-state index contributed by atoms with van der Waals surface area (Å²) in [5.74, 6) is 0. The maximum Gasteiger partial charge on any atom is 0.0659 e. The molecule has 1 aromatic carbocycles. The van der Waals surface area contributed by atoms with Crippen LogP contribution in [0.5, 0.6) is 0 Å². The SMILES string of the molecule is CC[C@@H](C)N(Cc1ccncc1)Cc1cccc(Cn2cccn2)c1. The predicted octanol–water partition coefficient (Wildman–Crippen LogP) is 4.13. The first-order valence-electron chi connectivity index (χ1n) is 8.93. The molecule has 0 fully saturated rings. The van der Waals surface area contributed by atoms with Gasteiger partial charge < -0.3 is 0 Å². The minimum atomic E-state index is 0.530. The largest absolute Gasteiger partial charge is 0.292 e. The summed E-state index contributed by atoms with van der Waals surface area (Å²) in [5, 5.41) is 4.30. The van der Waals surface area contributed by atoms with Crippen LogP contribution in [0.4, 0.5) is 0 Å². The number of hydrogen-bond acceptors (Lipinski definition) is 3. The third-order valence-electron chi connectivity index (χ3n) is 4.63. The number of rotatable bonds is 8. The lowest BCUT2D eigenvalue weighted by Gasteiger charge is -2.28. The number of pyridine rings is 1. The highest BCUT2D eigenvalue weighted by Gasteiger charge is 2.13. The van der Waals surface area contributed by atoms with Gasteiger partial charge in [0.15, 0.2) is 0 Å². The van der Waals surface area contributed by atoms with E-state index < -0.39 is 0 Å². The standard InChI is InChI=1S/C21H26N4/c1-3-18(2)24(15-19-8-11-22-12-9-19)16-20-6-4-7-21(14-20)17-25-13-5-10-23-25/h4-14,18H,3,15-17H2,1-2H3/t18-/m1/s1. The molecular weight excluding hydrogens is 308 g/mol. The van der Waals surface area contributed by atoms with Crippen LogP contribution in [0.1, 0.15) is 37.0 Å². The van der Waals surface area contributed by atoms with Crippen LogP contribution < -0.4 is 0 Å². The first kappa shape index (κ1) is 17.4. The number of nitrogens with zero attached hydrogens (tertiary/aromatic N) is 4. The Bertz CT molecular complexity index is 753. The molecule has 0 radical (unpaired) electrons. The molecule has 3 aromatic rings. The second-order valence-corrected chi connectivity index (χ2v) is 6.54. The minimum absolute atomic E-state index is 0.530. The topological polar surface area (TPSA) is 34.0 Å². The van der Waals surface area contributed by atoms with Gasteiger partial charge >= 0.3 is 0 Å². The zero-order valence-corrected chi connectivity index (χ0v) is 15.0. The lowest BCUT2D eigenvalue weighted by Crippen LogP contribution is -2.31. The van der Waals surface area contributed by atoms with Crippen LogP contribution >= 0.6 is 0 Å². The lowest BCUT2D eigenvalue weighted by molar-refractivity contribution is 0.186. The number of benzene rings is 1. The zero-order valence-electron chi connectivity index (χ0n) is 15.0. The van der Waals surface area contributed by atoms with Gasteiger partial charge in [0.2, 0.25) is 0 Å². The van der Waals surface area contributed by atoms with Gasteiger partial charge in [-0.2, -0.15) is 5.10 Å². The molecule has 0 saturated carbocycles. The maximum absolute atomic E-state index is 4.30. The molecule has 2 heterocycles. The molecule has 4 nitrogen and oxygen atoms in total. The Kier molecular flexibility index (Phi) is 5.96. The van der Waals surface area contributed by atoms with Gasteiger partial charge in [0.05, 0.1) is 6.54 Å². The molecule has 0 amide bonds. The molecule has 4 heteroatoms. The van der Waals surface area contributed by atoms with E-state index in [1.165, 1.54) is 16.7 Å². The summed E-state index contributed by atoms with van der Waals surface area (Å²) in [4.78, 5) is 6.65. The quantitative estimate of drug-likeness (QED) is 0.621. The first-order valence-corrected chi connectivity index (χ1v) is 8.93. The van der Waals surface area contributed by atoms with E-state index in [1.54, 1.807) is 0 Å². The molecule has 2 aromatic heterocycles. The third kappa shape index (κ3) is 5.00. The van der Waals surface area contributed by atoms with Crippen molar-refractivity contribution in [3.63, 3.8) is 0 Å². The van der Waals surface area contributed by atoms with Crippen molar-refractivity contribution in [3.05, 3.63) is 83.9 Å². The molecule has 1 atom stereocenters. The van der Waals surface area contributed by atoms with Crippen LogP contribution in [0.15, 0.2) is 67.3 Å². The van der Waals surface area contributed by atoms with Crippen LogP contribution in [0.3, 0.4) is 0 Å². The summed E-state index contributed by atoms with van der Waals surface area (Å²) in [7, 11) is 0. The highest BCUT2D eigenvalue weighted by atomic mass is 15.3. The van der Waals surface area contributed by atoms with E-state index in [0.29, 0.717) is 6.04 Å². The van der Waals surface area contributed by atoms with E-state index >= 15 is 0 Å². The number of aromatic nitrogens is 3. The Labute approximate surface area is 150 Å². The molecule has 25 heavy (non-hydrogen) atoms. The van der Waals surface area contributed by atoms with Crippen LogP contribution in [-0.2, 0) is 19.6 Å². The number of hydrogen-bond donors (Lipinski definition) is 0. The summed E-state index contributed by atoms with van der Waals surface area (Å²) < 4.78 is 1.96. The zero-order chi connectivity index (χ0) is 17.5. The molecule has 0 N–H and O–H groups in total. The van der Waals surface area contributed by atoms with Crippen molar-refractivity contribution in [2.75, 3.05) is 0 Å². The minimum Gasteiger partial charge on any atom is -0.292 e. The second-order valence-electron chi connectivity index (χ2n) is 6.54. The van der Waals surface area contributed by atoms with Gasteiger partial charge in [-0.3, -0.25) is 14.6 Å². The van der Waals surface area contributed by atoms with E-state index in [0.717, 1.165) is 26.1 Å². The van der Waals surface area contributed by atoms with Crippen molar-refractivity contribution in [2.24, 2.45) is 0 Å². The summed E-state index contributed by atoms with van der Waals surface area (Å²) >= 11 is 0. The predicted molar refractivity (Wildman–Crippen MR) is 101 cm³/mol. The van der Waals surface area contributed by atoms with Gasteiger partial charge in [-0.1, -0.05) is 31.2 Å². The fourth-order valence-corrected chi connectivity index (χ4v) is 2.99. The molecule has 0 aliphatic heterocycles. The van der Waals surface area contributed by atoms with Gasteiger partial charge in [-0.15, -0.1) is 0 Å². The van der Waals surface area contributed by atoms with Crippen molar-refractivity contribution < 1.29 is 0 Å². The highest BCUT2D eigenvalue weighted by molar-refractivity contribution is 5.24. The average molecular weight is 334 g/mol. The van der Waals surface area contributed by atoms with Crippen LogP contribution in [0.2, 0.25) is 0 Å². The Balaban J connectivity index is 1.72. The van der Waals surface area contributed by atoms with E-state index in [9.17, 15) is 0 Å². The lowest BCUT2D eigenvalue weighted by atomic mass is 10.1. The van der Waals surface area contributed by atoms with Crippen molar-refractivity contribution in [1.29, 1.82) is 0 Å². The molecule has 0 unspecified atom stereocenters. The van der Waals surface area contributed by atoms with Crippen LogP contribution in [0.25, 0.3) is 0 Å². The smallest absolute Gasteiger partial charge is 0.0659 e. The summed E-state index contributed by atoms with van der Waals surface area (Å²) in [6.45, 7) is 7.26. The van der Waals surface area contributed by atoms with Crippen LogP contribution in [-0.4, -0.2) is 25.7 Å². The fraction of sp³-hybridized carbons (Fsp3) is 0.333. The molecule has 130 valence electrons. The van der Waals surface area contributed by atoms with Crippen molar-refractivity contribution in [1.82, 2.24) is 19.7 Å². The molecule has 0 spiro atoms. The Morgan fingerprint density at radius 1 is 0.960 bits per heavy atom. The molecular formula is C21H26N4. The molecule has 0 bridgehead atoms. The molecule has 0 aliphatic carbocycles. The van der Waals surface area contributed by atoms with E-state index in [1.807, 2.05) is 35.5 Å². The van der Waals surface area contributed by atoms with Crippen molar-refractivity contribution in [2.45, 2.75) is 45.9 Å². The highest BCUT2D eigenvalue weighted by Crippen LogP contribution is 2.16. The first-order chi connectivity index (χ1) is 12.2. The maximum atomic E-state index is 4.30. The second kappa shape index (κ2) is 8.58. The van der Waals surface area contributed by atoms with Crippen LogP contribution in [0, 0.1) is 0 Å². The van der Waals surface area contributed by atoms with E-state index in [2.05, 4.69) is 65.2 Å². The molecule has 3 rings (SSSR count). The molecule has 0 saturated heterocycles. The van der Waals surface area contributed by atoms with Gasteiger partial charge in [0.25, 0.3) is 0 Å². The van der Waals surface area contributed by atoms with Gasteiger partial charge in [0.1, 0.15) is 0 Å². The Hall–Kier alpha value is -2.46. The monoisotopic (exact) mass is 334 g/mol. The average Bonchev–Trinajstić information content (AvgIpc) is 3.15. The molecule has 0 aliphatic rings. The van der Waals surface area contributed by atoms with E-state index in [4.69, 9.17) is 0 Å².